The zero-order valence-electron chi connectivity index (χ0n) is 9.13. The van der Waals surface area contributed by atoms with Crippen molar-refractivity contribution in [3.05, 3.63) is 0 Å². The van der Waals surface area contributed by atoms with Crippen LogP contribution in [0.15, 0.2) is 0 Å². The molecule has 0 rings (SSSR count). The molecule has 3 heteroatoms. The van der Waals surface area contributed by atoms with Gasteiger partial charge in [0.15, 0.2) is 0 Å². The van der Waals surface area contributed by atoms with E-state index in [0.29, 0.717) is 6.04 Å². The van der Waals surface area contributed by atoms with E-state index in [9.17, 15) is 0 Å². The lowest BCUT2D eigenvalue weighted by atomic mass is 10.2. The molecule has 0 aromatic carbocycles. The van der Waals surface area contributed by atoms with Crippen LogP contribution in [0.25, 0.3) is 0 Å². The molecule has 0 aromatic heterocycles. The van der Waals surface area contributed by atoms with Crippen molar-refractivity contribution in [2.45, 2.75) is 39.2 Å². The molecule has 1 atom stereocenters. The lowest BCUT2D eigenvalue weighted by Gasteiger charge is -2.28. The molecule has 4 N–H and O–H groups in total. The first-order valence-corrected chi connectivity index (χ1v) is 5.40. The van der Waals surface area contributed by atoms with E-state index < -0.39 is 0 Å². The highest BCUT2D eigenvalue weighted by Gasteiger charge is 2.09. The molecule has 1 unspecified atom stereocenters. The quantitative estimate of drug-likeness (QED) is 0.590. The van der Waals surface area contributed by atoms with Crippen LogP contribution in [0, 0.1) is 0 Å². The van der Waals surface area contributed by atoms with Crippen molar-refractivity contribution < 1.29 is 0 Å². The molecule has 80 valence electrons. The van der Waals surface area contributed by atoms with E-state index >= 15 is 0 Å². The second-order valence-electron chi connectivity index (χ2n) is 3.58. The Kier molecular flexibility index (Phi) is 8.40. The van der Waals surface area contributed by atoms with Crippen LogP contribution in [-0.2, 0) is 0 Å². The van der Waals surface area contributed by atoms with E-state index in [0.717, 1.165) is 39.0 Å². The van der Waals surface area contributed by atoms with Gasteiger partial charge in [0, 0.05) is 6.04 Å². The molecule has 0 aliphatic heterocycles. The number of hydrogen-bond acceptors (Lipinski definition) is 3. The molecule has 0 aliphatic rings. The second-order valence-corrected chi connectivity index (χ2v) is 3.58. The van der Waals surface area contributed by atoms with E-state index in [1.165, 1.54) is 6.42 Å². The summed E-state index contributed by atoms with van der Waals surface area (Å²) in [6.45, 7) is 8.30. The number of rotatable bonds is 8. The van der Waals surface area contributed by atoms with Crippen LogP contribution in [-0.4, -0.2) is 37.1 Å². The van der Waals surface area contributed by atoms with Crippen molar-refractivity contribution in [2.75, 3.05) is 26.2 Å². The Hall–Kier alpha value is -0.120. The maximum Gasteiger partial charge on any atom is 0.00643 e. The summed E-state index contributed by atoms with van der Waals surface area (Å²) in [5, 5.41) is 0. The van der Waals surface area contributed by atoms with Gasteiger partial charge in [0.25, 0.3) is 0 Å². The molecule has 0 saturated heterocycles. The van der Waals surface area contributed by atoms with E-state index in [4.69, 9.17) is 11.5 Å². The summed E-state index contributed by atoms with van der Waals surface area (Å²) in [5.74, 6) is 0. The Bertz CT molecular complexity index is 98.3. The average molecular weight is 187 g/mol. The average Bonchev–Trinajstić information content (AvgIpc) is 2.17. The fourth-order valence-electron chi connectivity index (χ4n) is 1.40. The highest BCUT2D eigenvalue weighted by Crippen LogP contribution is 2.04. The van der Waals surface area contributed by atoms with Crippen molar-refractivity contribution in [1.82, 2.24) is 4.90 Å². The predicted octanol–water partition coefficient (Wildman–Crippen LogP) is 0.785. The van der Waals surface area contributed by atoms with Gasteiger partial charge in [-0.1, -0.05) is 6.92 Å². The van der Waals surface area contributed by atoms with Gasteiger partial charge in [-0.05, 0) is 52.4 Å². The van der Waals surface area contributed by atoms with E-state index in [2.05, 4.69) is 18.7 Å². The molecule has 0 bridgehead atoms. The molecule has 0 heterocycles. The van der Waals surface area contributed by atoms with Gasteiger partial charge in [-0.2, -0.15) is 0 Å². The van der Waals surface area contributed by atoms with Gasteiger partial charge in [0.1, 0.15) is 0 Å². The molecule has 0 saturated carbocycles. The van der Waals surface area contributed by atoms with Crippen molar-refractivity contribution in [2.24, 2.45) is 11.5 Å². The fourth-order valence-corrected chi connectivity index (χ4v) is 1.40. The third kappa shape index (κ3) is 6.02. The van der Waals surface area contributed by atoms with Crippen molar-refractivity contribution in [1.29, 1.82) is 0 Å². The number of nitrogens with zero attached hydrogens (tertiary/aromatic N) is 1. The highest BCUT2D eigenvalue weighted by atomic mass is 15.1. The molecule has 0 amide bonds. The van der Waals surface area contributed by atoms with E-state index in [1.807, 2.05) is 0 Å². The molecule has 0 radical (unpaired) electrons. The normalized spacial score (nSPS) is 13.6. The summed E-state index contributed by atoms with van der Waals surface area (Å²) in [5.41, 5.74) is 11.0. The summed E-state index contributed by atoms with van der Waals surface area (Å²) in [4.78, 5) is 2.49. The molecular weight excluding hydrogens is 162 g/mol. The van der Waals surface area contributed by atoms with Crippen LogP contribution < -0.4 is 11.5 Å². The van der Waals surface area contributed by atoms with E-state index in [-0.39, 0.29) is 0 Å². The summed E-state index contributed by atoms with van der Waals surface area (Å²) in [7, 11) is 0. The first-order valence-electron chi connectivity index (χ1n) is 5.40. The Morgan fingerprint density at radius 2 is 1.54 bits per heavy atom. The maximum absolute atomic E-state index is 5.50. The predicted molar refractivity (Wildman–Crippen MR) is 58.7 cm³/mol. The van der Waals surface area contributed by atoms with Gasteiger partial charge in [-0.3, -0.25) is 0 Å². The minimum Gasteiger partial charge on any atom is -0.330 e. The van der Waals surface area contributed by atoms with Gasteiger partial charge >= 0.3 is 0 Å². The minimum atomic E-state index is 0.665. The molecule has 0 fully saturated rings. The standard InChI is InChI=1S/C10H25N3/c1-3-10(2)13(8-4-6-11)9-5-7-12/h10H,3-9,11-12H2,1-2H3. The van der Waals surface area contributed by atoms with Gasteiger partial charge < -0.3 is 16.4 Å². The van der Waals surface area contributed by atoms with Crippen molar-refractivity contribution >= 4 is 0 Å². The number of hydrogen-bond donors (Lipinski definition) is 2. The van der Waals surface area contributed by atoms with Crippen LogP contribution in [0.2, 0.25) is 0 Å². The van der Waals surface area contributed by atoms with Crippen molar-refractivity contribution in [3.63, 3.8) is 0 Å². The van der Waals surface area contributed by atoms with Gasteiger partial charge in [0.05, 0.1) is 0 Å². The molecule has 0 spiro atoms. The van der Waals surface area contributed by atoms with Crippen molar-refractivity contribution in [3.8, 4) is 0 Å². The third-order valence-electron chi connectivity index (χ3n) is 2.51. The maximum atomic E-state index is 5.50. The lowest BCUT2D eigenvalue weighted by molar-refractivity contribution is 0.201. The zero-order chi connectivity index (χ0) is 10.1. The summed E-state index contributed by atoms with van der Waals surface area (Å²) in [6, 6.07) is 0.665. The fraction of sp³-hybridized carbons (Fsp3) is 1.00. The monoisotopic (exact) mass is 187 g/mol. The topological polar surface area (TPSA) is 55.3 Å². The number of nitrogens with two attached hydrogens (primary N) is 2. The van der Waals surface area contributed by atoms with Crippen LogP contribution in [0.5, 0.6) is 0 Å². The smallest absolute Gasteiger partial charge is 0.00643 e. The molecule has 13 heavy (non-hydrogen) atoms. The SMILES string of the molecule is CCC(C)N(CCCN)CCCN. The Labute approximate surface area is 82.5 Å². The zero-order valence-corrected chi connectivity index (χ0v) is 9.13. The summed E-state index contributed by atoms with van der Waals surface area (Å²) in [6.07, 6.45) is 3.39. The molecule has 3 nitrogen and oxygen atoms in total. The Balaban J connectivity index is 3.72. The Morgan fingerprint density at radius 1 is 1.08 bits per heavy atom. The first-order chi connectivity index (χ1) is 6.26. The highest BCUT2D eigenvalue weighted by molar-refractivity contribution is 4.66. The largest absolute Gasteiger partial charge is 0.330 e. The van der Waals surface area contributed by atoms with Crippen LogP contribution in [0.1, 0.15) is 33.1 Å². The van der Waals surface area contributed by atoms with Gasteiger partial charge in [-0.25, -0.2) is 0 Å². The van der Waals surface area contributed by atoms with E-state index in [1.54, 1.807) is 0 Å². The van der Waals surface area contributed by atoms with Crippen LogP contribution in [0.4, 0.5) is 0 Å². The molecule has 0 aliphatic carbocycles. The summed E-state index contributed by atoms with van der Waals surface area (Å²) >= 11 is 0. The molecule has 0 aromatic rings. The van der Waals surface area contributed by atoms with Crippen LogP contribution in [0.3, 0.4) is 0 Å². The molecular formula is C10H25N3. The van der Waals surface area contributed by atoms with Gasteiger partial charge in [0.2, 0.25) is 0 Å². The Morgan fingerprint density at radius 3 is 1.85 bits per heavy atom. The van der Waals surface area contributed by atoms with Gasteiger partial charge in [-0.15, -0.1) is 0 Å². The second kappa shape index (κ2) is 8.48. The summed E-state index contributed by atoms with van der Waals surface area (Å²) < 4.78 is 0. The van der Waals surface area contributed by atoms with Crippen LogP contribution >= 0.6 is 0 Å². The third-order valence-corrected chi connectivity index (χ3v) is 2.51. The minimum absolute atomic E-state index is 0.665. The lowest BCUT2D eigenvalue weighted by Crippen LogP contribution is -2.36. The first kappa shape index (κ1) is 12.9.